The van der Waals surface area contributed by atoms with Crippen molar-refractivity contribution < 1.29 is 14.1 Å². The predicted molar refractivity (Wildman–Crippen MR) is 129 cm³/mol. The number of aromatic nitrogens is 2. The van der Waals surface area contributed by atoms with Crippen LogP contribution in [0.2, 0.25) is 5.02 Å². The van der Waals surface area contributed by atoms with Gasteiger partial charge >= 0.3 is 7.12 Å². The molecule has 0 bridgehead atoms. The van der Waals surface area contributed by atoms with Gasteiger partial charge in [-0.05, 0) is 71.4 Å². The van der Waals surface area contributed by atoms with Crippen molar-refractivity contribution in [3.63, 3.8) is 0 Å². The first kappa shape index (κ1) is 22.8. The van der Waals surface area contributed by atoms with E-state index < -0.39 is 18.3 Å². The minimum Gasteiger partial charge on any atom is -0.399 e. The number of pyridine rings is 1. The molecule has 0 radical (unpaired) electrons. The van der Waals surface area contributed by atoms with E-state index in [-0.39, 0.29) is 18.5 Å². The molecule has 6 nitrogen and oxygen atoms in total. The van der Waals surface area contributed by atoms with Crippen molar-refractivity contribution in [2.45, 2.75) is 65.3 Å². The number of carbonyl (C=O) groups is 1. The second kappa shape index (κ2) is 8.21. The molecule has 0 atom stereocenters. The van der Waals surface area contributed by atoms with E-state index in [1.54, 1.807) is 6.20 Å². The van der Waals surface area contributed by atoms with Gasteiger partial charge in [-0.1, -0.05) is 23.7 Å². The fraction of sp³-hybridized carbons (Fsp3) is 0.417. The number of nitrogens with one attached hydrogen (secondary N) is 1. The summed E-state index contributed by atoms with van der Waals surface area (Å²) in [6.45, 7) is 12.2. The maximum atomic E-state index is 12.6. The average molecular weight is 454 g/mol. The highest BCUT2D eigenvalue weighted by Gasteiger charge is 2.51. The Balaban J connectivity index is 1.78. The molecule has 0 spiro atoms. The van der Waals surface area contributed by atoms with Crippen LogP contribution >= 0.6 is 11.6 Å². The number of rotatable bonds is 5. The summed E-state index contributed by atoms with van der Waals surface area (Å²) in [5, 5.41) is 4.50. The SMILES string of the molecule is CC(C)NC(=O)Cn1c(-c2cccc(Cl)c2)cc2cc(B3OC(C)(C)C(C)(C)O3)cnc21. The van der Waals surface area contributed by atoms with Crippen molar-refractivity contribution in [3.8, 4) is 11.3 Å². The van der Waals surface area contributed by atoms with E-state index in [2.05, 4.69) is 5.32 Å². The molecule has 1 fully saturated rings. The molecule has 1 saturated heterocycles. The lowest BCUT2D eigenvalue weighted by Crippen LogP contribution is -2.41. The van der Waals surface area contributed by atoms with Gasteiger partial charge in [0.15, 0.2) is 0 Å². The second-order valence-electron chi connectivity index (χ2n) is 9.62. The summed E-state index contributed by atoms with van der Waals surface area (Å²) >= 11 is 6.25. The van der Waals surface area contributed by atoms with Crippen molar-refractivity contribution in [1.29, 1.82) is 0 Å². The molecule has 1 aliphatic rings. The topological polar surface area (TPSA) is 65.4 Å². The van der Waals surface area contributed by atoms with Gasteiger partial charge in [-0.2, -0.15) is 0 Å². The Morgan fingerprint density at radius 2 is 1.84 bits per heavy atom. The number of carbonyl (C=O) groups excluding carboxylic acids is 1. The Kier molecular flexibility index (Phi) is 5.86. The highest BCUT2D eigenvalue weighted by atomic mass is 35.5. The number of hydrogen-bond donors (Lipinski definition) is 1. The second-order valence-corrected chi connectivity index (χ2v) is 10.1. The lowest BCUT2D eigenvalue weighted by Gasteiger charge is -2.32. The summed E-state index contributed by atoms with van der Waals surface area (Å²) in [6, 6.07) is 11.7. The van der Waals surface area contributed by atoms with Crippen LogP contribution in [0, 0.1) is 0 Å². The molecule has 0 unspecified atom stereocenters. The Morgan fingerprint density at radius 3 is 2.47 bits per heavy atom. The third-order valence-electron chi connectivity index (χ3n) is 6.15. The molecule has 8 heteroatoms. The van der Waals surface area contributed by atoms with Crippen molar-refractivity contribution >= 4 is 41.1 Å². The van der Waals surface area contributed by atoms with Crippen LogP contribution < -0.4 is 10.8 Å². The molecular formula is C24H29BClN3O3. The smallest absolute Gasteiger partial charge is 0.399 e. The van der Waals surface area contributed by atoms with E-state index in [0.717, 1.165) is 27.8 Å². The van der Waals surface area contributed by atoms with Gasteiger partial charge in [-0.3, -0.25) is 4.79 Å². The predicted octanol–water partition coefficient (Wildman–Crippen LogP) is 4.18. The van der Waals surface area contributed by atoms with Gasteiger partial charge in [-0.25, -0.2) is 4.98 Å². The molecular weight excluding hydrogens is 425 g/mol. The van der Waals surface area contributed by atoms with Crippen LogP contribution in [0.4, 0.5) is 0 Å². The van der Waals surface area contributed by atoms with Crippen LogP contribution in [0.15, 0.2) is 42.6 Å². The molecule has 3 heterocycles. The molecule has 2 aromatic heterocycles. The standard InChI is InChI=1S/C24H29BClN3O3/c1-15(2)28-21(30)14-29-20(16-8-7-9-19(26)11-16)12-17-10-18(13-27-22(17)29)25-31-23(3,4)24(5,6)32-25/h7-13,15H,14H2,1-6H3,(H,28,30). The summed E-state index contributed by atoms with van der Waals surface area (Å²) < 4.78 is 14.3. The van der Waals surface area contributed by atoms with Gasteiger partial charge in [0.2, 0.25) is 5.91 Å². The zero-order chi connectivity index (χ0) is 23.3. The van der Waals surface area contributed by atoms with Gasteiger partial charge in [0.25, 0.3) is 0 Å². The van der Waals surface area contributed by atoms with Gasteiger partial charge in [-0.15, -0.1) is 0 Å². The summed E-state index contributed by atoms with van der Waals surface area (Å²) in [5.41, 5.74) is 2.50. The fourth-order valence-corrected chi connectivity index (χ4v) is 4.02. The molecule has 1 aliphatic heterocycles. The highest BCUT2D eigenvalue weighted by molar-refractivity contribution is 6.62. The number of amides is 1. The Labute approximate surface area is 194 Å². The normalized spacial score (nSPS) is 17.3. The molecule has 3 aromatic rings. The fourth-order valence-electron chi connectivity index (χ4n) is 3.83. The van der Waals surface area contributed by atoms with Crippen molar-refractivity contribution in [2.24, 2.45) is 0 Å². The summed E-state index contributed by atoms with van der Waals surface area (Å²) in [7, 11) is -0.501. The van der Waals surface area contributed by atoms with Gasteiger partial charge in [0.1, 0.15) is 12.2 Å². The quantitative estimate of drug-likeness (QED) is 0.589. The Hall–Kier alpha value is -2.35. The molecule has 1 N–H and O–H groups in total. The minimum absolute atomic E-state index is 0.0573. The Morgan fingerprint density at radius 1 is 1.16 bits per heavy atom. The average Bonchev–Trinajstić information content (AvgIpc) is 3.14. The van der Waals surface area contributed by atoms with Crippen LogP contribution in [0.3, 0.4) is 0 Å². The molecule has 4 rings (SSSR count). The lowest BCUT2D eigenvalue weighted by atomic mass is 9.80. The molecule has 1 amide bonds. The lowest BCUT2D eigenvalue weighted by molar-refractivity contribution is -0.122. The van der Waals surface area contributed by atoms with E-state index in [1.165, 1.54) is 0 Å². The summed E-state index contributed by atoms with van der Waals surface area (Å²) in [6.07, 6.45) is 1.77. The number of halogens is 1. The van der Waals surface area contributed by atoms with E-state index in [1.807, 2.05) is 82.5 Å². The largest absolute Gasteiger partial charge is 0.496 e. The minimum atomic E-state index is -0.501. The third-order valence-corrected chi connectivity index (χ3v) is 6.39. The maximum Gasteiger partial charge on any atom is 0.496 e. The highest BCUT2D eigenvalue weighted by Crippen LogP contribution is 2.37. The van der Waals surface area contributed by atoms with Gasteiger partial charge in [0.05, 0.1) is 16.9 Å². The van der Waals surface area contributed by atoms with Crippen molar-refractivity contribution in [3.05, 3.63) is 47.6 Å². The van der Waals surface area contributed by atoms with E-state index in [9.17, 15) is 4.79 Å². The van der Waals surface area contributed by atoms with E-state index >= 15 is 0 Å². The number of hydrogen-bond acceptors (Lipinski definition) is 4. The first-order valence-electron chi connectivity index (χ1n) is 10.9. The first-order chi connectivity index (χ1) is 15.0. The maximum absolute atomic E-state index is 12.6. The van der Waals surface area contributed by atoms with Gasteiger partial charge in [0, 0.05) is 28.1 Å². The summed E-state index contributed by atoms with van der Waals surface area (Å²) in [5.74, 6) is -0.0717. The molecule has 0 saturated carbocycles. The molecule has 32 heavy (non-hydrogen) atoms. The monoisotopic (exact) mass is 453 g/mol. The number of nitrogens with zero attached hydrogens (tertiary/aromatic N) is 2. The van der Waals surface area contributed by atoms with Crippen molar-refractivity contribution in [2.75, 3.05) is 0 Å². The third kappa shape index (κ3) is 4.29. The van der Waals surface area contributed by atoms with Crippen LogP contribution in [-0.4, -0.2) is 39.8 Å². The van der Waals surface area contributed by atoms with Crippen molar-refractivity contribution in [1.82, 2.24) is 14.9 Å². The van der Waals surface area contributed by atoms with E-state index in [0.29, 0.717) is 5.02 Å². The van der Waals surface area contributed by atoms with Crippen LogP contribution in [-0.2, 0) is 20.6 Å². The Bertz CT molecular complexity index is 1160. The van der Waals surface area contributed by atoms with Crippen LogP contribution in [0.25, 0.3) is 22.3 Å². The zero-order valence-corrected chi connectivity index (χ0v) is 20.2. The number of fused-ring (bicyclic) bond motifs is 1. The molecule has 168 valence electrons. The van der Waals surface area contributed by atoms with Crippen LogP contribution in [0.5, 0.6) is 0 Å². The van der Waals surface area contributed by atoms with Gasteiger partial charge < -0.3 is 19.2 Å². The molecule has 1 aromatic carbocycles. The summed E-state index contributed by atoms with van der Waals surface area (Å²) in [4.78, 5) is 17.3. The van der Waals surface area contributed by atoms with E-state index in [4.69, 9.17) is 25.9 Å². The van der Waals surface area contributed by atoms with Crippen LogP contribution in [0.1, 0.15) is 41.5 Å². The zero-order valence-electron chi connectivity index (χ0n) is 19.4. The first-order valence-corrected chi connectivity index (χ1v) is 11.2. The number of benzene rings is 1. The molecule has 0 aliphatic carbocycles.